The third kappa shape index (κ3) is 6.22. The number of nitrogens with one attached hydrogen (secondary N) is 2. The van der Waals surface area contributed by atoms with E-state index < -0.39 is 4.92 Å². The van der Waals surface area contributed by atoms with Crippen molar-refractivity contribution < 1.29 is 9.72 Å². The van der Waals surface area contributed by atoms with Gasteiger partial charge in [-0.1, -0.05) is 13.0 Å². The number of rotatable bonds is 8. The Morgan fingerprint density at radius 1 is 1.48 bits per heavy atom. The van der Waals surface area contributed by atoms with E-state index in [0.29, 0.717) is 24.0 Å². The van der Waals surface area contributed by atoms with Gasteiger partial charge in [-0.2, -0.15) is 0 Å². The summed E-state index contributed by atoms with van der Waals surface area (Å²) in [7, 11) is 0. The normalized spacial score (nSPS) is 12.0. The molecule has 0 fully saturated rings. The van der Waals surface area contributed by atoms with Gasteiger partial charge in [0, 0.05) is 31.6 Å². The Kier molecular flexibility index (Phi) is 7.31. The van der Waals surface area contributed by atoms with Crippen molar-refractivity contribution in [2.45, 2.75) is 39.3 Å². The number of amides is 1. The van der Waals surface area contributed by atoms with Gasteiger partial charge in [0.2, 0.25) is 5.91 Å². The fraction of sp³-hybridized carbons (Fsp3) is 0.500. The second-order valence-electron chi connectivity index (χ2n) is 4.85. The number of hydrogen-bond acceptors (Lipinski definition) is 4. The van der Waals surface area contributed by atoms with E-state index in [-0.39, 0.29) is 17.6 Å². The zero-order valence-electron chi connectivity index (χ0n) is 12.2. The molecule has 0 spiro atoms. The Bertz CT molecular complexity index is 508. The number of carbonyl (C=O) groups excluding carboxylic acids is 1. The van der Waals surface area contributed by atoms with E-state index in [2.05, 4.69) is 26.6 Å². The first kappa shape index (κ1) is 17.6. The molecule has 7 heteroatoms. The van der Waals surface area contributed by atoms with Crippen LogP contribution in [0, 0.1) is 10.1 Å². The Morgan fingerprint density at radius 3 is 2.81 bits per heavy atom. The molecule has 1 atom stereocenters. The maximum atomic E-state index is 11.6. The quantitative estimate of drug-likeness (QED) is 0.425. The summed E-state index contributed by atoms with van der Waals surface area (Å²) >= 11 is 3.15. The van der Waals surface area contributed by atoms with Crippen LogP contribution >= 0.6 is 15.9 Å². The zero-order valence-corrected chi connectivity index (χ0v) is 13.8. The van der Waals surface area contributed by atoms with Crippen LogP contribution in [0.3, 0.4) is 0 Å². The van der Waals surface area contributed by atoms with Gasteiger partial charge in [-0.05, 0) is 40.9 Å². The molecule has 1 rings (SSSR count). The number of carbonyl (C=O) groups is 1. The summed E-state index contributed by atoms with van der Waals surface area (Å²) in [6.45, 7) is 5.01. The first-order valence-corrected chi connectivity index (χ1v) is 7.66. The lowest BCUT2D eigenvalue weighted by atomic mass is 10.2. The second kappa shape index (κ2) is 8.74. The molecular weight excluding hydrogens is 338 g/mol. The average molecular weight is 358 g/mol. The molecule has 1 unspecified atom stereocenters. The average Bonchev–Trinajstić information content (AvgIpc) is 2.44. The molecule has 0 bridgehead atoms. The van der Waals surface area contributed by atoms with Crippen molar-refractivity contribution in [1.29, 1.82) is 0 Å². The third-order valence-electron chi connectivity index (χ3n) is 3.08. The Morgan fingerprint density at radius 2 is 2.19 bits per heavy atom. The molecule has 1 aromatic rings. The molecule has 2 N–H and O–H groups in total. The standard InChI is InChI=1S/C14H20BrN3O3/c1-3-10(2)17-14(19)6-7-16-9-11-4-5-12(15)13(8-11)18(20)21/h4-5,8,10,16H,3,6-7,9H2,1-2H3,(H,17,19). The van der Waals surface area contributed by atoms with Crippen molar-refractivity contribution in [3.63, 3.8) is 0 Å². The summed E-state index contributed by atoms with van der Waals surface area (Å²) in [6.07, 6.45) is 1.30. The van der Waals surface area contributed by atoms with E-state index in [1.807, 2.05) is 19.9 Å². The molecule has 1 amide bonds. The second-order valence-corrected chi connectivity index (χ2v) is 5.70. The maximum Gasteiger partial charge on any atom is 0.283 e. The van der Waals surface area contributed by atoms with Gasteiger partial charge < -0.3 is 10.6 Å². The topological polar surface area (TPSA) is 84.3 Å². The minimum atomic E-state index is -0.423. The van der Waals surface area contributed by atoms with Crippen molar-refractivity contribution in [2.24, 2.45) is 0 Å². The SMILES string of the molecule is CCC(C)NC(=O)CCNCc1ccc(Br)c([N+](=O)[O-])c1. The van der Waals surface area contributed by atoms with E-state index in [9.17, 15) is 14.9 Å². The van der Waals surface area contributed by atoms with Crippen molar-refractivity contribution in [1.82, 2.24) is 10.6 Å². The third-order valence-corrected chi connectivity index (χ3v) is 3.76. The fourth-order valence-corrected chi connectivity index (χ4v) is 2.08. The first-order valence-electron chi connectivity index (χ1n) is 6.87. The highest BCUT2D eigenvalue weighted by Crippen LogP contribution is 2.25. The lowest BCUT2D eigenvalue weighted by Gasteiger charge is -2.11. The summed E-state index contributed by atoms with van der Waals surface area (Å²) in [5.41, 5.74) is 0.857. The highest BCUT2D eigenvalue weighted by atomic mass is 79.9. The molecule has 0 aliphatic heterocycles. The van der Waals surface area contributed by atoms with E-state index in [1.54, 1.807) is 6.07 Å². The van der Waals surface area contributed by atoms with Crippen LogP contribution in [0.2, 0.25) is 0 Å². The van der Waals surface area contributed by atoms with Gasteiger partial charge in [0.15, 0.2) is 0 Å². The van der Waals surface area contributed by atoms with Crippen molar-refractivity contribution in [2.75, 3.05) is 6.54 Å². The molecule has 0 heterocycles. The molecule has 6 nitrogen and oxygen atoms in total. The van der Waals surface area contributed by atoms with Crippen LogP contribution in [0.25, 0.3) is 0 Å². The largest absolute Gasteiger partial charge is 0.354 e. The molecular formula is C14H20BrN3O3. The minimum Gasteiger partial charge on any atom is -0.354 e. The summed E-state index contributed by atoms with van der Waals surface area (Å²) in [5, 5.41) is 16.8. The summed E-state index contributed by atoms with van der Waals surface area (Å²) in [4.78, 5) is 22.0. The molecule has 116 valence electrons. The van der Waals surface area contributed by atoms with Gasteiger partial charge in [-0.25, -0.2) is 0 Å². The predicted molar refractivity (Wildman–Crippen MR) is 85.0 cm³/mol. The van der Waals surface area contributed by atoms with Gasteiger partial charge in [-0.3, -0.25) is 14.9 Å². The monoisotopic (exact) mass is 357 g/mol. The van der Waals surface area contributed by atoms with Crippen LogP contribution in [0.1, 0.15) is 32.3 Å². The smallest absolute Gasteiger partial charge is 0.283 e. The fourth-order valence-electron chi connectivity index (χ4n) is 1.69. The molecule has 0 saturated heterocycles. The summed E-state index contributed by atoms with van der Waals surface area (Å²) in [6, 6.07) is 5.18. The van der Waals surface area contributed by atoms with Crippen LogP contribution < -0.4 is 10.6 Å². The van der Waals surface area contributed by atoms with Crippen molar-refractivity contribution in [3.05, 3.63) is 38.3 Å². The lowest BCUT2D eigenvalue weighted by molar-refractivity contribution is -0.385. The molecule has 0 aliphatic carbocycles. The van der Waals surface area contributed by atoms with Gasteiger partial charge in [0.05, 0.1) is 9.40 Å². The molecule has 1 aromatic carbocycles. The Balaban J connectivity index is 2.38. The number of hydrogen-bond donors (Lipinski definition) is 2. The maximum absolute atomic E-state index is 11.6. The number of nitro benzene ring substituents is 1. The van der Waals surface area contributed by atoms with Crippen molar-refractivity contribution >= 4 is 27.5 Å². The van der Waals surface area contributed by atoms with Gasteiger partial charge in [0.25, 0.3) is 5.69 Å². The highest BCUT2D eigenvalue weighted by molar-refractivity contribution is 9.10. The molecule has 0 aromatic heterocycles. The zero-order chi connectivity index (χ0) is 15.8. The molecule has 0 aliphatic rings. The number of benzene rings is 1. The Hall–Kier alpha value is -1.47. The number of halogens is 1. The summed E-state index contributed by atoms with van der Waals surface area (Å²) < 4.78 is 0.462. The van der Waals surface area contributed by atoms with Gasteiger partial charge in [0.1, 0.15) is 0 Å². The van der Waals surface area contributed by atoms with Crippen LogP contribution in [0.5, 0.6) is 0 Å². The summed E-state index contributed by atoms with van der Waals surface area (Å²) in [5.74, 6) is 0.0126. The number of nitrogens with zero attached hydrogens (tertiary/aromatic N) is 1. The van der Waals surface area contributed by atoms with Crippen LogP contribution in [0.4, 0.5) is 5.69 Å². The van der Waals surface area contributed by atoms with Gasteiger partial charge >= 0.3 is 0 Å². The van der Waals surface area contributed by atoms with Gasteiger partial charge in [-0.15, -0.1) is 0 Å². The lowest BCUT2D eigenvalue weighted by Crippen LogP contribution is -2.33. The van der Waals surface area contributed by atoms with E-state index in [1.165, 1.54) is 6.07 Å². The van der Waals surface area contributed by atoms with Crippen molar-refractivity contribution in [3.8, 4) is 0 Å². The molecule has 21 heavy (non-hydrogen) atoms. The van der Waals surface area contributed by atoms with Crippen LogP contribution in [-0.4, -0.2) is 23.4 Å². The van der Waals surface area contributed by atoms with Crippen LogP contribution in [-0.2, 0) is 11.3 Å². The van der Waals surface area contributed by atoms with E-state index in [0.717, 1.165) is 12.0 Å². The van der Waals surface area contributed by atoms with Crippen LogP contribution in [0.15, 0.2) is 22.7 Å². The van der Waals surface area contributed by atoms with E-state index >= 15 is 0 Å². The Labute approximate surface area is 132 Å². The number of nitro groups is 1. The van der Waals surface area contributed by atoms with E-state index in [4.69, 9.17) is 0 Å². The highest BCUT2D eigenvalue weighted by Gasteiger charge is 2.12. The molecule has 0 saturated carbocycles. The molecule has 0 radical (unpaired) electrons. The minimum absolute atomic E-state index is 0.0126. The first-order chi connectivity index (χ1) is 9.93. The predicted octanol–water partition coefficient (Wildman–Crippen LogP) is 2.75.